The van der Waals surface area contributed by atoms with Gasteiger partial charge in [-0.1, -0.05) is 0 Å². The van der Waals surface area contributed by atoms with Crippen molar-refractivity contribution in [2.45, 2.75) is 37.9 Å². The summed E-state index contributed by atoms with van der Waals surface area (Å²) in [5.41, 5.74) is 0. The maximum atomic E-state index is 10.8. The summed E-state index contributed by atoms with van der Waals surface area (Å²) in [7, 11) is 1.54. The fourth-order valence-corrected chi connectivity index (χ4v) is 1.37. The molecular weight excluding hydrogens is 158 g/mol. The predicted octanol–water partition coefficient (Wildman–Crippen LogP) is 0.646. The molecule has 0 unspecified atom stereocenters. The van der Waals surface area contributed by atoms with E-state index in [0.717, 1.165) is 25.7 Å². The van der Waals surface area contributed by atoms with Crippen LogP contribution < -0.4 is 5.32 Å². The third-order valence-corrected chi connectivity index (χ3v) is 2.12. The third-order valence-electron chi connectivity index (χ3n) is 2.12. The van der Waals surface area contributed by atoms with E-state index in [1.165, 1.54) is 0 Å². The molecule has 12 heavy (non-hydrogen) atoms. The number of carbonyl (C=O) groups excluding carboxylic acids is 1. The fourth-order valence-electron chi connectivity index (χ4n) is 1.37. The molecule has 4 nitrogen and oxygen atoms in total. The van der Waals surface area contributed by atoms with E-state index in [2.05, 4.69) is 5.32 Å². The van der Waals surface area contributed by atoms with E-state index in [4.69, 9.17) is 9.84 Å². The number of hydrogen-bond donors (Lipinski definition) is 2. The van der Waals surface area contributed by atoms with Crippen LogP contribution in [0.3, 0.4) is 0 Å². The van der Waals surface area contributed by atoms with Gasteiger partial charge in [0.15, 0.2) is 0 Å². The van der Waals surface area contributed by atoms with Gasteiger partial charge in [0.25, 0.3) is 0 Å². The molecule has 0 saturated heterocycles. The lowest BCUT2D eigenvalue weighted by Crippen LogP contribution is -2.30. The van der Waals surface area contributed by atoms with Crippen molar-refractivity contribution < 1.29 is 14.6 Å². The van der Waals surface area contributed by atoms with Crippen molar-refractivity contribution >= 4 is 6.09 Å². The number of carbonyl (C=O) groups is 1. The van der Waals surface area contributed by atoms with E-state index in [1.54, 1.807) is 7.05 Å². The molecular formula is C8H15NO3. The number of nitrogens with one attached hydrogen (secondary N) is 1. The molecule has 1 amide bonds. The van der Waals surface area contributed by atoms with Gasteiger partial charge in [-0.25, -0.2) is 4.79 Å². The molecule has 1 rings (SSSR count). The van der Waals surface area contributed by atoms with Gasteiger partial charge in [-0.05, 0) is 25.7 Å². The minimum Gasteiger partial charge on any atom is -0.446 e. The Morgan fingerprint density at radius 2 is 2.00 bits per heavy atom. The minimum atomic E-state index is -0.378. The summed E-state index contributed by atoms with van der Waals surface area (Å²) in [6.07, 6.45) is 2.44. The quantitative estimate of drug-likeness (QED) is 0.612. The highest BCUT2D eigenvalue weighted by atomic mass is 16.6. The molecule has 0 aromatic heterocycles. The van der Waals surface area contributed by atoms with Crippen LogP contribution in [0.5, 0.6) is 0 Å². The predicted molar refractivity (Wildman–Crippen MR) is 43.8 cm³/mol. The maximum Gasteiger partial charge on any atom is 0.407 e. The number of hydrogen-bond acceptors (Lipinski definition) is 3. The van der Waals surface area contributed by atoms with Gasteiger partial charge < -0.3 is 15.2 Å². The zero-order valence-electron chi connectivity index (χ0n) is 7.25. The Balaban J connectivity index is 2.21. The molecule has 0 aromatic rings. The molecule has 70 valence electrons. The van der Waals surface area contributed by atoms with Crippen LogP contribution in [-0.2, 0) is 4.74 Å². The number of aliphatic hydroxyl groups is 1. The van der Waals surface area contributed by atoms with E-state index in [9.17, 15) is 4.79 Å². The monoisotopic (exact) mass is 173 g/mol. The molecule has 2 N–H and O–H groups in total. The Kier molecular flexibility index (Phi) is 3.34. The summed E-state index contributed by atoms with van der Waals surface area (Å²) in [4.78, 5) is 10.8. The summed E-state index contributed by atoms with van der Waals surface area (Å²) >= 11 is 0. The second-order valence-corrected chi connectivity index (χ2v) is 3.09. The van der Waals surface area contributed by atoms with Crippen molar-refractivity contribution in [3.05, 3.63) is 0 Å². The van der Waals surface area contributed by atoms with Crippen LogP contribution in [0.2, 0.25) is 0 Å². The number of alkyl carbamates (subject to hydrolysis) is 1. The first kappa shape index (κ1) is 9.32. The zero-order valence-corrected chi connectivity index (χ0v) is 7.25. The molecule has 0 bridgehead atoms. The van der Waals surface area contributed by atoms with Gasteiger partial charge in [0.05, 0.1) is 6.10 Å². The Morgan fingerprint density at radius 1 is 1.42 bits per heavy atom. The van der Waals surface area contributed by atoms with Gasteiger partial charge in [0.2, 0.25) is 0 Å². The first-order chi connectivity index (χ1) is 5.72. The fraction of sp³-hybridized carbons (Fsp3) is 0.875. The molecule has 0 radical (unpaired) electrons. The van der Waals surface area contributed by atoms with Crippen LogP contribution in [0.4, 0.5) is 4.79 Å². The maximum absolute atomic E-state index is 10.8. The molecule has 0 heterocycles. The SMILES string of the molecule is CNC(=O)OC1CCC(O)CC1. The molecule has 0 spiro atoms. The molecule has 0 aliphatic heterocycles. The highest BCUT2D eigenvalue weighted by molar-refractivity contribution is 5.66. The average molecular weight is 173 g/mol. The number of amides is 1. The summed E-state index contributed by atoms with van der Waals surface area (Å²) in [5, 5.41) is 11.6. The Hall–Kier alpha value is -0.770. The summed E-state index contributed by atoms with van der Waals surface area (Å²) in [5.74, 6) is 0. The second kappa shape index (κ2) is 4.30. The molecule has 1 saturated carbocycles. The van der Waals surface area contributed by atoms with Crippen molar-refractivity contribution in [2.75, 3.05) is 7.05 Å². The first-order valence-corrected chi connectivity index (χ1v) is 4.29. The smallest absolute Gasteiger partial charge is 0.407 e. The van der Waals surface area contributed by atoms with E-state index in [0.29, 0.717) is 0 Å². The van der Waals surface area contributed by atoms with Crippen molar-refractivity contribution in [1.82, 2.24) is 5.32 Å². The van der Waals surface area contributed by atoms with Gasteiger partial charge in [-0.3, -0.25) is 0 Å². The molecule has 1 aliphatic carbocycles. The Bertz CT molecular complexity index is 152. The van der Waals surface area contributed by atoms with Crippen molar-refractivity contribution in [3.63, 3.8) is 0 Å². The summed E-state index contributed by atoms with van der Waals surface area (Å²) < 4.78 is 5.03. The largest absolute Gasteiger partial charge is 0.446 e. The van der Waals surface area contributed by atoms with Crippen molar-refractivity contribution in [3.8, 4) is 0 Å². The van der Waals surface area contributed by atoms with Crippen molar-refractivity contribution in [2.24, 2.45) is 0 Å². The lowest BCUT2D eigenvalue weighted by Gasteiger charge is -2.24. The van der Waals surface area contributed by atoms with E-state index >= 15 is 0 Å². The lowest BCUT2D eigenvalue weighted by atomic mass is 9.95. The minimum absolute atomic E-state index is 0.00616. The molecule has 1 aliphatic rings. The number of ether oxygens (including phenoxy) is 1. The highest BCUT2D eigenvalue weighted by Gasteiger charge is 2.21. The highest BCUT2D eigenvalue weighted by Crippen LogP contribution is 2.20. The normalized spacial score (nSPS) is 29.5. The van der Waals surface area contributed by atoms with Crippen LogP contribution in [0.1, 0.15) is 25.7 Å². The zero-order chi connectivity index (χ0) is 8.97. The van der Waals surface area contributed by atoms with Gasteiger partial charge in [-0.2, -0.15) is 0 Å². The van der Waals surface area contributed by atoms with Crippen molar-refractivity contribution in [1.29, 1.82) is 0 Å². The van der Waals surface area contributed by atoms with Crippen LogP contribution in [0.15, 0.2) is 0 Å². The number of aliphatic hydroxyl groups excluding tert-OH is 1. The van der Waals surface area contributed by atoms with Gasteiger partial charge in [0, 0.05) is 7.05 Å². The molecule has 0 atom stereocenters. The summed E-state index contributed by atoms with van der Waals surface area (Å²) in [6, 6.07) is 0. The van der Waals surface area contributed by atoms with E-state index < -0.39 is 0 Å². The first-order valence-electron chi connectivity index (χ1n) is 4.29. The van der Waals surface area contributed by atoms with Gasteiger partial charge >= 0.3 is 6.09 Å². The van der Waals surface area contributed by atoms with Gasteiger partial charge in [-0.15, -0.1) is 0 Å². The van der Waals surface area contributed by atoms with Crippen LogP contribution >= 0.6 is 0 Å². The van der Waals surface area contributed by atoms with E-state index in [-0.39, 0.29) is 18.3 Å². The van der Waals surface area contributed by atoms with E-state index in [1.807, 2.05) is 0 Å². The number of rotatable bonds is 1. The Labute approximate surface area is 71.9 Å². The molecule has 1 fully saturated rings. The summed E-state index contributed by atoms with van der Waals surface area (Å²) in [6.45, 7) is 0. The lowest BCUT2D eigenvalue weighted by molar-refractivity contribution is 0.0350. The molecule has 4 heteroatoms. The third kappa shape index (κ3) is 2.70. The average Bonchev–Trinajstić information content (AvgIpc) is 2.09. The van der Waals surface area contributed by atoms with Crippen LogP contribution in [-0.4, -0.2) is 30.5 Å². The van der Waals surface area contributed by atoms with Gasteiger partial charge in [0.1, 0.15) is 6.10 Å². The van der Waals surface area contributed by atoms with Crippen LogP contribution in [0, 0.1) is 0 Å². The topological polar surface area (TPSA) is 58.6 Å². The Morgan fingerprint density at radius 3 is 2.50 bits per heavy atom. The standard InChI is InChI=1S/C8H15NO3/c1-9-8(11)12-7-4-2-6(10)3-5-7/h6-7,10H,2-5H2,1H3,(H,9,11). The second-order valence-electron chi connectivity index (χ2n) is 3.09. The molecule has 0 aromatic carbocycles. The van der Waals surface area contributed by atoms with Crippen LogP contribution in [0.25, 0.3) is 0 Å².